The number of nitrogens with zero attached hydrogens (tertiary/aromatic N) is 4. The molecule has 0 saturated heterocycles. The van der Waals surface area contributed by atoms with E-state index in [0.29, 0.717) is 5.52 Å². The van der Waals surface area contributed by atoms with Crippen LogP contribution in [0.4, 0.5) is 4.39 Å². The molecule has 3 aromatic carbocycles. The van der Waals surface area contributed by atoms with Gasteiger partial charge >= 0.3 is 0 Å². The zero-order valence-corrected chi connectivity index (χ0v) is 18.5. The van der Waals surface area contributed by atoms with Crippen LogP contribution in [0, 0.1) is 5.82 Å². The third-order valence-electron chi connectivity index (χ3n) is 5.96. The van der Waals surface area contributed by atoms with Crippen molar-refractivity contribution < 1.29 is 14.0 Å². The second-order valence-corrected chi connectivity index (χ2v) is 8.43. The Labute approximate surface area is 196 Å². The fourth-order valence-electron chi connectivity index (χ4n) is 4.12. The number of amides is 2. The Morgan fingerprint density at radius 3 is 2.44 bits per heavy atom. The van der Waals surface area contributed by atoms with Crippen molar-refractivity contribution in [1.29, 1.82) is 0 Å². The Balaban J connectivity index is 1.41. The van der Waals surface area contributed by atoms with E-state index in [4.69, 9.17) is 0 Å². The fraction of sp³-hybridized carbons (Fsp3) is 0.231. The molecule has 1 atom stereocenters. The van der Waals surface area contributed by atoms with Crippen LogP contribution in [0.2, 0.25) is 0 Å². The number of nitrogens with one attached hydrogen (secondary N) is 1. The van der Waals surface area contributed by atoms with Gasteiger partial charge in [-0.1, -0.05) is 59.8 Å². The molecule has 34 heavy (non-hydrogen) atoms. The van der Waals surface area contributed by atoms with Crippen molar-refractivity contribution in [3.8, 4) is 0 Å². The van der Waals surface area contributed by atoms with Crippen molar-refractivity contribution in [2.24, 2.45) is 0 Å². The maximum Gasteiger partial charge on any atom is 0.247 e. The van der Waals surface area contributed by atoms with Crippen LogP contribution in [0.3, 0.4) is 0 Å². The van der Waals surface area contributed by atoms with Gasteiger partial charge in [0.1, 0.15) is 23.9 Å². The number of rotatable bonds is 8. The quantitative estimate of drug-likeness (QED) is 0.438. The molecule has 0 unspecified atom stereocenters. The number of fused-ring (bicyclic) bond motifs is 1. The summed E-state index contributed by atoms with van der Waals surface area (Å²) in [6.07, 6.45) is 1.69. The van der Waals surface area contributed by atoms with Crippen molar-refractivity contribution in [2.45, 2.75) is 38.0 Å². The molecule has 4 aromatic rings. The standard InChI is InChI=1S/C26H24FN5O2/c27-20-12-10-18(11-13-20)16-28-26(34)25(19-6-2-1-3-7-19)32(21-14-15-21)24(33)17-31-23-9-5-4-8-22(23)29-30-31/h1-13,21,25H,14-17H2,(H,28,34)/t25-/m0/s1. The van der Waals surface area contributed by atoms with E-state index < -0.39 is 6.04 Å². The Kier molecular flexibility index (Phi) is 6.03. The highest BCUT2D eigenvalue weighted by molar-refractivity contribution is 5.89. The summed E-state index contributed by atoms with van der Waals surface area (Å²) in [6, 6.07) is 22.0. The second-order valence-electron chi connectivity index (χ2n) is 8.43. The lowest BCUT2D eigenvalue weighted by molar-refractivity contribution is -0.142. The largest absolute Gasteiger partial charge is 0.350 e. The minimum Gasteiger partial charge on any atom is -0.350 e. The average molecular weight is 458 g/mol. The van der Waals surface area contributed by atoms with Crippen molar-refractivity contribution in [2.75, 3.05) is 0 Å². The number of aromatic nitrogens is 3. The molecule has 0 aliphatic heterocycles. The zero-order chi connectivity index (χ0) is 23.5. The first-order valence-electron chi connectivity index (χ1n) is 11.3. The van der Waals surface area contributed by atoms with Crippen molar-refractivity contribution in [3.63, 3.8) is 0 Å². The highest BCUT2D eigenvalue weighted by Gasteiger charge is 2.41. The van der Waals surface area contributed by atoms with E-state index in [-0.39, 0.29) is 36.8 Å². The Hall–Kier alpha value is -4.07. The van der Waals surface area contributed by atoms with Gasteiger partial charge in [0.05, 0.1) is 5.52 Å². The lowest BCUT2D eigenvalue weighted by Crippen LogP contribution is -2.46. The molecule has 1 saturated carbocycles. The number of halogens is 1. The van der Waals surface area contributed by atoms with Gasteiger partial charge in [0, 0.05) is 12.6 Å². The minimum absolute atomic E-state index is 0.00834. The van der Waals surface area contributed by atoms with E-state index in [1.807, 2.05) is 54.6 Å². The number of para-hydroxylation sites is 1. The first-order valence-corrected chi connectivity index (χ1v) is 11.3. The summed E-state index contributed by atoms with van der Waals surface area (Å²) in [5.41, 5.74) is 3.00. The van der Waals surface area contributed by atoms with Gasteiger partial charge in [0.2, 0.25) is 11.8 Å². The zero-order valence-electron chi connectivity index (χ0n) is 18.5. The molecule has 1 aliphatic carbocycles. The normalized spacial score (nSPS) is 14.0. The van der Waals surface area contributed by atoms with Crippen molar-refractivity contribution in [1.82, 2.24) is 25.2 Å². The predicted octanol–water partition coefficient (Wildman–Crippen LogP) is 3.62. The van der Waals surface area contributed by atoms with Gasteiger partial charge in [-0.05, 0) is 48.2 Å². The molecule has 7 nitrogen and oxygen atoms in total. The van der Waals surface area contributed by atoms with Gasteiger partial charge in [-0.25, -0.2) is 9.07 Å². The van der Waals surface area contributed by atoms with Crippen molar-refractivity contribution in [3.05, 3.63) is 95.8 Å². The van der Waals surface area contributed by atoms with Crippen LogP contribution in [-0.4, -0.2) is 37.7 Å². The summed E-state index contributed by atoms with van der Waals surface area (Å²) in [5.74, 6) is -0.799. The van der Waals surface area contributed by atoms with Gasteiger partial charge in [-0.3, -0.25) is 9.59 Å². The number of carbonyl (C=O) groups is 2. The van der Waals surface area contributed by atoms with Crippen LogP contribution >= 0.6 is 0 Å². The summed E-state index contributed by atoms with van der Waals surface area (Å²) >= 11 is 0. The average Bonchev–Trinajstić information content (AvgIpc) is 3.62. The molecule has 1 aromatic heterocycles. The molecule has 1 N–H and O–H groups in total. The number of benzene rings is 3. The number of carbonyl (C=O) groups excluding carboxylic acids is 2. The molecule has 172 valence electrons. The first kappa shape index (κ1) is 21.8. The molecule has 8 heteroatoms. The van der Waals surface area contributed by atoms with E-state index >= 15 is 0 Å². The van der Waals surface area contributed by atoms with Crippen molar-refractivity contribution >= 4 is 22.8 Å². The van der Waals surface area contributed by atoms with Crippen LogP contribution in [0.25, 0.3) is 11.0 Å². The van der Waals surface area contributed by atoms with Crippen LogP contribution in [0.5, 0.6) is 0 Å². The van der Waals surface area contributed by atoms with E-state index in [1.165, 1.54) is 12.1 Å². The molecule has 1 aliphatic rings. The summed E-state index contributed by atoms with van der Waals surface area (Å²) in [7, 11) is 0. The summed E-state index contributed by atoms with van der Waals surface area (Å²) in [5, 5.41) is 11.2. The lowest BCUT2D eigenvalue weighted by atomic mass is 10.0. The van der Waals surface area contributed by atoms with E-state index in [2.05, 4.69) is 15.6 Å². The minimum atomic E-state index is -0.781. The molecular weight excluding hydrogens is 433 g/mol. The van der Waals surface area contributed by atoms with Gasteiger partial charge in [-0.15, -0.1) is 5.10 Å². The van der Waals surface area contributed by atoms with E-state index in [1.54, 1.807) is 21.7 Å². The molecule has 0 spiro atoms. The molecule has 1 fully saturated rings. The van der Waals surface area contributed by atoms with Gasteiger partial charge in [0.15, 0.2) is 0 Å². The number of hydrogen-bond donors (Lipinski definition) is 1. The molecule has 0 bridgehead atoms. The SMILES string of the molecule is O=C(NCc1ccc(F)cc1)[C@H](c1ccccc1)N(C(=O)Cn1nnc2ccccc21)C1CC1. The van der Waals surface area contributed by atoms with Gasteiger partial charge < -0.3 is 10.2 Å². The summed E-state index contributed by atoms with van der Waals surface area (Å²) in [4.78, 5) is 28.7. The van der Waals surface area contributed by atoms with Gasteiger partial charge in [0.25, 0.3) is 0 Å². The first-order chi connectivity index (χ1) is 16.6. The predicted molar refractivity (Wildman–Crippen MR) is 125 cm³/mol. The maximum absolute atomic E-state index is 13.6. The van der Waals surface area contributed by atoms with Crippen LogP contribution in [-0.2, 0) is 22.7 Å². The lowest BCUT2D eigenvalue weighted by Gasteiger charge is -2.31. The molecule has 1 heterocycles. The monoisotopic (exact) mass is 457 g/mol. The third-order valence-corrected chi connectivity index (χ3v) is 5.96. The summed E-state index contributed by atoms with van der Waals surface area (Å²) < 4.78 is 14.8. The van der Waals surface area contributed by atoms with Crippen LogP contribution < -0.4 is 5.32 Å². The topological polar surface area (TPSA) is 80.1 Å². The van der Waals surface area contributed by atoms with E-state index in [0.717, 1.165) is 29.5 Å². The fourth-order valence-corrected chi connectivity index (χ4v) is 4.12. The highest BCUT2D eigenvalue weighted by atomic mass is 19.1. The molecular formula is C26H24FN5O2. The second kappa shape index (κ2) is 9.43. The summed E-state index contributed by atoms with van der Waals surface area (Å²) in [6.45, 7) is 0.231. The third kappa shape index (κ3) is 4.66. The van der Waals surface area contributed by atoms with E-state index in [9.17, 15) is 14.0 Å². The molecule has 5 rings (SSSR count). The smallest absolute Gasteiger partial charge is 0.247 e. The van der Waals surface area contributed by atoms with Crippen LogP contribution in [0.1, 0.15) is 30.0 Å². The van der Waals surface area contributed by atoms with Crippen LogP contribution in [0.15, 0.2) is 78.9 Å². The Morgan fingerprint density at radius 1 is 1.00 bits per heavy atom. The molecule has 0 radical (unpaired) electrons. The Bertz CT molecular complexity index is 1300. The maximum atomic E-state index is 13.6. The molecule has 2 amide bonds. The van der Waals surface area contributed by atoms with Gasteiger partial charge in [-0.2, -0.15) is 0 Å². The highest BCUT2D eigenvalue weighted by Crippen LogP contribution is 2.35. The number of hydrogen-bond acceptors (Lipinski definition) is 4. The Morgan fingerprint density at radius 2 is 1.71 bits per heavy atom.